The molecule has 0 radical (unpaired) electrons. The maximum atomic E-state index is 12.4. The van der Waals surface area contributed by atoms with E-state index in [0.29, 0.717) is 5.56 Å². The largest absolute Gasteiger partial charge is 0.339 e. The first kappa shape index (κ1) is 17.7. The number of rotatable bonds is 3. The van der Waals surface area contributed by atoms with Crippen molar-refractivity contribution >= 4 is 35.6 Å². The number of hydrogen-bond acceptors (Lipinski definition) is 4. The van der Waals surface area contributed by atoms with Crippen LogP contribution in [0.3, 0.4) is 0 Å². The fourth-order valence-corrected chi connectivity index (χ4v) is 2.60. The van der Waals surface area contributed by atoms with Crippen molar-refractivity contribution in [1.82, 2.24) is 10.2 Å². The van der Waals surface area contributed by atoms with Gasteiger partial charge in [-0.2, -0.15) is 0 Å². The van der Waals surface area contributed by atoms with Crippen molar-refractivity contribution in [3.63, 3.8) is 0 Å². The Hall–Kier alpha value is -1.37. The van der Waals surface area contributed by atoms with Gasteiger partial charge in [0.2, 0.25) is 0 Å². The highest BCUT2D eigenvalue weighted by molar-refractivity contribution is 6.34. The number of carbonyl (C=O) groups is 1. The highest BCUT2D eigenvalue weighted by atomic mass is 35.5. The maximum Gasteiger partial charge on any atom is 0.270 e. The van der Waals surface area contributed by atoms with Crippen molar-refractivity contribution in [2.75, 3.05) is 20.1 Å². The first-order valence-electron chi connectivity index (χ1n) is 6.42. The highest BCUT2D eigenvalue weighted by Crippen LogP contribution is 2.24. The second-order valence-corrected chi connectivity index (χ2v) is 5.23. The summed E-state index contributed by atoms with van der Waals surface area (Å²) in [5.41, 5.74) is 0.189. The van der Waals surface area contributed by atoms with Crippen LogP contribution in [0.5, 0.6) is 0 Å². The molecule has 1 fully saturated rings. The van der Waals surface area contributed by atoms with E-state index in [9.17, 15) is 14.9 Å². The van der Waals surface area contributed by atoms with E-state index in [2.05, 4.69) is 5.32 Å². The minimum Gasteiger partial charge on any atom is -0.339 e. The number of piperidine rings is 1. The van der Waals surface area contributed by atoms with Crippen molar-refractivity contribution < 1.29 is 9.72 Å². The van der Waals surface area contributed by atoms with Crippen LogP contribution in [0.15, 0.2) is 18.2 Å². The molecule has 0 saturated carbocycles. The Kier molecular flexibility index (Phi) is 6.39. The third-order valence-electron chi connectivity index (χ3n) is 3.57. The molecule has 1 aromatic rings. The maximum absolute atomic E-state index is 12.4. The van der Waals surface area contributed by atoms with Crippen molar-refractivity contribution in [2.45, 2.75) is 18.9 Å². The number of nitro groups is 1. The third-order valence-corrected chi connectivity index (χ3v) is 3.88. The number of carbonyl (C=O) groups excluding carboxylic acids is 1. The lowest BCUT2D eigenvalue weighted by molar-refractivity contribution is -0.384. The molecule has 6 nitrogen and oxygen atoms in total. The van der Waals surface area contributed by atoms with Gasteiger partial charge in [0.05, 0.1) is 15.5 Å². The van der Waals surface area contributed by atoms with Crippen LogP contribution in [0.2, 0.25) is 5.02 Å². The Morgan fingerprint density at radius 3 is 2.57 bits per heavy atom. The van der Waals surface area contributed by atoms with Crippen molar-refractivity contribution in [2.24, 2.45) is 0 Å². The van der Waals surface area contributed by atoms with Crippen molar-refractivity contribution in [1.29, 1.82) is 0 Å². The molecule has 1 N–H and O–H groups in total. The van der Waals surface area contributed by atoms with Crippen LogP contribution in [-0.4, -0.2) is 41.9 Å². The molecule has 0 aliphatic carbocycles. The monoisotopic (exact) mass is 333 g/mol. The number of halogens is 2. The molecule has 1 aliphatic rings. The van der Waals surface area contributed by atoms with E-state index in [4.69, 9.17) is 11.6 Å². The van der Waals surface area contributed by atoms with Gasteiger partial charge >= 0.3 is 0 Å². The molecule has 116 valence electrons. The summed E-state index contributed by atoms with van der Waals surface area (Å²) in [5.74, 6) is -0.197. The van der Waals surface area contributed by atoms with Gasteiger partial charge in [0.15, 0.2) is 0 Å². The summed E-state index contributed by atoms with van der Waals surface area (Å²) < 4.78 is 0. The number of amides is 1. The first-order chi connectivity index (χ1) is 9.50. The van der Waals surface area contributed by atoms with Gasteiger partial charge in [-0.25, -0.2) is 0 Å². The summed E-state index contributed by atoms with van der Waals surface area (Å²) >= 11 is 5.99. The average Bonchev–Trinajstić information content (AvgIpc) is 2.46. The Morgan fingerprint density at radius 1 is 1.43 bits per heavy atom. The zero-order chi connectivity index (χ0) is 14.7. The normalized spacial score (nSPS) is 15.1. The summed E-state index contributed by atoms with van der Waals surface area (Å²) in [6, 6.07) is 4.11. The van der Waals surface area contributed by atoms with Gasteiger partial charge in [-0.15, -0.1) is 12.4 Å². The summed E-state index contributed by atoms with van der Waals surface area (Å²) in [7, 11) is 1.75. The number of nitrogens with zero attached hydrogens (tertiary/aromatic N) is 2. The second kappa shape index (κ2) is 7.59. The van der Waals surface area contributed by atoms with Gasteiger partial charge in [0, 0.05) is 25.2 Å². The number of nitrogens with one attached hydrogen (secondary N) is 1. The molecule has 0 aromatic heterocycles. The Bertz CT molecular complexity index is 533. The lowest BCUT2D eigenvalue weighted by Gasteiger charge is -2.31. The summed E-state index contributed by atoms with van der Waals surface area (Å²) in [6.45, 7) is 1.77. The molecule has 0 atom stereocenters. The van der Waals surface area contributed by atoms with Gasteiger partial charge in [0.25, 0.3) is 11.6 Å². The summed E-state index contributed by atoms with van der Waals surface area (Å²) in [4.78, 5) is 24.2. The molecule has 1 amide bonds. The van der Waals surface area contributed by atoms with Crippen molar-refractivity contribution in [3.05, 3.63) is 38.9 Å². The predicted molar refractivity (Wildman–Crippen MR) is 83.3 cm³/mol. The molecular weight excluding hydrogens is 317 g/mol. The minimum atomic E-state index is -0.531. The quantitative estimate of drug-likeness (QED) is 0.681. The van der Waals surface area contributed by atoms with E-state index >= 15 is 0 Å². The standard InChI is InChI=1S/C13H16ClN3O3.ClH/c1-16(9-4-6-15-7-5-9)13(18)11-3-2-10(17(19)20)8-12(11)14;/h2-3,8-9,15H,4-7H2,1H3;1H. The van der Waals surface area contributed by atoms with Crippen LogP contribution in [0.25, 0.3) is 0 Å². The Labute approximate surface area is 134 Å². The molecule has 0 unspecified atom stereocenters. The molecule has 1 aliphatic heterocycles. The molecule has 2 rings (SSSR count). The third kappa shape index (κ3) is 4.06. The molecular formula is C13H17Cl2N3O3. The molecule has 0 bridgehead atoms. The van der Waals surface area contributed by atoms with Gasteiger partial charge in [-0.1, -0.05) is 11.6 Å². The van der Waals surface area contributed by atoms with Crippen LogP contribution < -0.4 is 5.32 Å². The van der Waals surface area contributed by atoms with E-state index < -0.39 is 4.92 Å². The fraction of sp³-hybridized carbons (Fsp3) is 0.462. The minimum absolute atomic E-state index is 0. The molecule has 1 aromatic carbocycles. The number of hydrogen-bond donors (Lipinski definition) is 1. The molecule has 1 heterocycles. The zero-order valence-corrected chi connectivity index (χ0v) is 13.1. The van der Waals surface area contributed by atoms with Crippen LogP contribution in [0.4, 0.5) is 5.69 Å². The van der Waals surface area contributed by atoms with Gasteiger partial charge in [0.1, 0.15) is 0 Å². The SMILES string of the molecule is CN(C(=O)c1ccc([N+](=O)[O-])cc1Cl)C1CCNCC1.Cl. The summed E-state index contributed by atoms with van der Waals surface area (Å²) in [6.07, 6.45) is 1.79. The Balaban J connectivity index is 0.00000220. The lowest BCUT2D eigenvalue weighted by Crippen LogP contribution is -2.44. The molecule has 0 spiro atoms. The topological polar surface area (TPSA) is 75.5 Å². The number of non-ortho nitro benzene ring substituents is 1. The van der Waals surface area contributed by atoms with E-state index in [1.54, 1.807) is 11.9 Å². The van der Waals surface area contributed by atoms with E-state index in [1.165, 1.54) is 18.2 Å². The smallest absolute Gasteiger partial charge is 0.270 e. The molecule has 21 heavy (non-hydrogen) atoms. The highest BCUT2D eigenvalue weighted by Gasteiger charge is 2.25. The fourth-order valence-electron chi connectivity index (χ4n) is 2.34. The van der Waals surface area contributed by atoms with Crippen LogP contribution >= 0.6 is 24.0 Å². The Morgan fingerprint density at radius 2 is 2.05 bits per heavy atom. The van der Waals surface area contributed by atoms with Crippen LogP contribution in [0.1, 0.15) is 23.2 Å². The molecule has 1 saturated heterocycles. The predicted octanol–water partition coefficient (Wildman–Crippen LogP) is 2.49. The van der Waals surface area contributed by atoms with Crippen LogP contribution in [-0.2, 0) is 0 Å². The van der Waals surface area contributed by atoms with Gasteiger partial charge in [-0.3, -0.25) is 14.9 Å². The average molecular weight is 334 g/mol. The van der Waals surface area contributed by atoms with Gasteiger partial charge in [-0.05, 0) is 32.0 Å². The second-order valence-electron chi connectivity index (χ2n) is 4.82. The van der Waals surface area contributed by atoms with Crippen LogP contribution in [0, 0.1) is 10.1 Å². The first-order valence-corrected chi connectivity index (χ1v) is 6.80. The molecule has 8 heteroatoms. The summed E-state index contributed by atoms with van der Waals surface area (Å²) in [5, 5.41) is 14.0. The zero-order valence-electron chi connectivity index (χ0n) is 11.5. The van der Waals surface area contributed by atoms with E-state index in [1.807, 2.05) is 0 Å². The van der Waals surface area contributed by atoms with E-state index in [0.717, 1.165) is 25.9 Å². The van der Waals surface area contributed by atoms with Gasteiger partial charge < -0.3 is 10.2 Å². The number of benzene rings is 1. The number of nitro benzene ring substituents is 1. The lowest BCUT2D eigenvalue weighted by atomic mass is 10.0. The van der Waals surface area contributed by atoms with E-state index in [-0.39, 0.29) is 35.1 Å². The van der Waals surface area contributed by atoms with Crippen molar-refractivity contribution in [3.8, 4) is 0 Å².